The van der Waals surface area contributed by atoms with Crippen LogP contribution in [0.25, 0.3) is 0 Å². The molecule has 3 rings (SSSR count). The Morgan fingerprint density at radius 2 is 2.25 bits per heavy atom. The number of hydrogen-bond acceptors (Lipinski definition) is 4. The molecule has 0 unspecified atom stereocenters. The fourth-order valence-electron chi connectivity index (χ4n) is 3.14. The van der Waals surface area contributed by atoms with Gasteiger partial charge in [-0.1, -0.05) is 36.7 Å². The molecule has 0 spiro atoms. The SMILES string of the molecule is CCCCN1C2=C(CCC2)S/C1=C\C(=O)c1cc(Cl)ccc1OC. The number of rotatable bonds is 6. The highest BCUT2D eigenvalue weighted by Crippen LogP contribution is 2.49. The number of ketones is 1. The first-order chi connectivity index (χ1) is 11.6. The number of carbonyl (C=O) groups is 1. The molecule has 0 atom stereocenters. The molecule has 1 aromatic rings. The summed E-state index contributed by atoms with van der Waals surface area (Å²) in [6.07, 6.45) is 7.50. The molecule has 5 heteroatoms. The predicted octanol–water partition coefficient (Wildman–Crippen LogP) is 5.62. The molecular weight excluding hydrogens is 342 g/mol. The molecule has 0 amide bonds. The van der Waals surface area contributed by atoms with E-state index in [4.69, 9.17) is 16.3 Å². The Bertz CT molecular complexity index is 711. The van der Waals surface area contributed by atoms with Gasteiger partial charge < -0.3 is 9.64 Å². The molecule has 2 aliphatic rings. The number of hydrogen-bond donors (Lipinski definition) is 0. The second kappa shape index (κ2) is 7.66. The summed E-state index contributed by atoms with van der Waals surface area (Å²) in [5.41, 5.74) is 1.94. The highest BCUT2D eigenvalue weighted by molar-refractivity contribution is 8.07. The third kappa shape index (κ3) is 3.50. The summed E-state index contributed by atoms with van der Waals surface area (Å²) < 4.78 is 5.31. The second-order valence-electron chi connectivity index (χ2n) is 6.02. The molecular formula is C19H22ClNO2S. The van der Waals surface area contributed by atoms with Crippen LogP contribution in [0.3, 0.4) is 0 Å². The van der Waals surface area contributed by atoms with Crippen LogP contribution < -0.4 is 4.74 Å². The molecule has 128 valence electrons. The number of allylic oxidation sites excluding steroid dienone is 3. The van der Waals surface area contributed by atoms with Crippen molar-refractivity contribution in [1.82, 2.24) is 4.90 Å². The maximum atomic E-state index is 12.8. The van der Waals surface area contributed by atoms with Crippen LogP contribution in [0.4, 0.5) is 0 Å². The van der Waals surface area contributed by atoms with Crippen LogP contribution in [-0.4, -0.2) is 24.3 Å². The standard InChI is InChI=1S/C19H22ClNO2S/c1-3-4-10-21-15-6-5-7-18(15)24-19(21)12-16(22)14-11-13(20)8-9-17(14)23-2/h8-9,11-12H,3-7,10H2,1-2H3/b19-12-. The van der Waals surface area contributed by atoms with E-state index in [9.17, 15) is 4.79 Å². The molecule has 0 aromatic heterocycles. The van der Waals surface area contributed by atoms with Gasteiger partial charge in [0.05, 0.1) is 17.7 Å². The Kier molecular flexibility index (Phi) is 5.57. The first-order valence-electron chi connectivity index (χ1n) is 8.41. The van der Waals surface area contributed by atoms with E-state index in [0.29, 0.717) is 16.3 Å². The molecule has 0 saturated carbocycles. The normalized spacial score (nSPS) is 18.5. The van der Waals surface area contributed by atoms with Crippen molar-refractivity contribution < 1.29 is 9.53 Å². The summed E-state index contributed by atoms with van der Waals surface area (Å²) in [6, 6.07) is 5.15. The summed E-state index contributed by atoms with van der Waals surface area (Å²) in [7, 11) is 1.57. The highest BCUT2D eigenvalue weighted by atomic mass is 35.5. The number of carbonyl (C=O) groups excluding carboxylic acids is 1. The largest absolute Gasteiger partial charge is 0.496 e. The molecule has 1 heterocycles. The van der Waals surface area contributed by atoms with Gasteiger partial charge in [0.15, 0.2) is 5.78 Å². The molecule has 1 aliphatic heterocycles. The molecule has 0 N–H and O–H groups in total. The number of thioether (sulfide) groups is 1. The predicted molar refractivity (Wildman–Crippen MR) is 100 cm³/mol. The van der Waals surface area contributed by atoms with Gasteiger partial charge in [-0.2, -0.15) is 0 Å². The summed E-state index contributed by atoms with van der Waals surface area (Å²) in [4.78, 5) is 16.6. The molecule has 3 nitrogen and oxygen atoms in total. The number of halogens is 1. The van der Waals surface area contributed by atoms with E-state index in [0.717, 1.165) is 37.3 Å². The lowest BCUT2D eigenvalue weighted by molar-refractivity contribution is 0.104. The first-order valence-corrected chi connectivity index (χ1v) is 9.60. The molecule has 0 saturated heterocycles. The summed E-state index contributed by atoms with van der Waals surface area (Å²) in [5, 5.41) is 1.58. The first kappa shape index (κ1) is 17.4. The highest BCUT2D eigenvalue weighted by Gasteiger charge is 2.31. The second-order valence-corrected chi connectivity index (χ2v) is 7.57. The van der Waals surface area contributed by atoms with E-state index in [2.05, 4.69) is 11.8 Å². The van der Waals surface area contributed by atoms with Crippen molar-refractivity contribution in [3.05, 3.63) is 50.5 Å². The molecule has 1 aromatic carbocycles. The van der Waals surface area contributed by atoms with E-state index in [1.54, 1.807) is 43.1 Å². The zero-order valence-corrected chi connectivity index (χ0v) is 15.7. The number of ether oxygens (including phenoxy) is 1. The van der Waals surface area contributed by atoms with E-state index in [-0.39, 0.29) is 5.78 Å². The van der Waals surface area contributed by atoms with E-state index >= 15 is 0 Å². The Balaban J connectivity index is 1.87. The van der Waals surface area contributed by atoms with Crippen molar-refractivity contribution in [3.8, 4) is 5.75 Å². The van der Waals surface area contributed by atoms with Gasteiger partial charge in [0, 0.05) is 28.2 Å². The Labute approximate surface area is 152 Å². The number of methoxy groups -OCH3 is 1. The minimum absolute atomic E-state index is 0.0560. The number of nitrogens with zero attached hydrogens (tertiary/aromatic N) is 1. The van der Waals surface area contributed by atoms with Gasteiger partial charge in [0.2, 0.25) is 0 Å². The van der Waals surface area contributed by atoms with Crippen LogP contribution in [0.1, 0.15) is 49.4 Å². The number of unbranched alkanes of at least 4 members (excludes halogenated alkanes) is 1. The van der Waals surface area contributed by atoms with Crippen LogP contribution in [0, 0.1) is 0 Å². The minimum Gasteiger partial charge on any atom is -0.496 e. The quantitative estimate of drug-likeness (QED) is 0.484. The molecule has 1 aliphatic carbocycles. The van der Waals surface area contributed by atoms with Crippen LogP contribution in [-0.2, 0) is 0 Å². The van der Waals surface area contributed by atoms with Crippen LogP contribution in [0.2, 0.25) is 5.02 Å². The molecule has 0 radical (unpaired) electrons. The maximum absolute atomic E-state index is 12.8. The van der Waals surface area contributed by atoms with Gasteiger partial charge in [0.1, 0.15) is 5.75 Å². The third-order valence-corrected chi connectivity index (χ3v) is 5.84. The van der Waals surface area contributed by atoms with Crippen LogP contribution >= 0.6 is 23.4 Å². The van der Waals surface area contributed by atoms with Gasteiger partial charge in [-0.15, -0.1) is 0 Å². The van der Waals surface area contributed by atoms with Gasteiger partial charge in [-0.05, 0) is 43.9 Å². The van der Waals surface area contributed by atoms with Crippen molar-refractivity contribution in [2.24, 2.45) is 0 Å². The average Bonchev–Trinajstić information content (AvgIpc) is 3.14. The van der Waals surface area contributed by atoms with Gasteiger partial charge in [-0.25, -0.2) is 0 Å². The maximum Gasteiger partial charge on any atom is 0.192 e. The van der Waals surface area contributed by atoms with Gasteiger partial charge in [0.25, 0.3) is 0 Å². The molecule has 0 bridgehead atoms. The molecule has 0 fully saturated rings. The summed E-state index contributed by atoms with van der Waals surface area (Å²) in [5.74, 6) is 0.504. The van der Waals surface area contributed by atoms with Gasteiger partial charge >= 0.3 is 0 Å². The Morgan fingerprint density at radius 1 is 1.42 bits per heavy atom. The van der Waals surface area contributed by atoms with Crippen LogP contribution in [0.5, 0.6) is 5.75 Å². The van der Waals surface area contributed by atoms with Crippen molar-refractivity contribution in [3.63, 3.8) is 0 Å². The fraction of sp³-hybridized carbons (Fsp3) is 0.421. The minimum atomic E-state index is -0.0560. The number of benzene rings is 1. The lowest BCUT2D eigenvalue weighted by Crippen LogP contribution is -2.19. The Morgan fingerprint density at radius 3 is 3.00 bits per heavy atom. The summed E-state index contributed by atoms with van der Waals surface area (Å²) >= 11 is 7.81. The van der Waals surface area contributed by atoms with Crippen molar-refractivity contribution in [2.75, 3.05) is 13.7 Å². The lowest BCUT2D eigenvalue weighted by Gasteiger charge is -2.22. The van der Waals surface area contributed by atoms with E-state index in [1.165, 1.54) is 17.0 Å². The lowest BCUT2D eigenvalue weighted by atomic mass is 10.1. The zero-order chi connectivity index (χ0) is 17.1. The fourth-order valence-corrected chi connectivity index (χ4v) is 4.62. The zero-order valence-electron chi connectivity index (χ0n) is 14.1. The molecule has 24 heavy (non-hydrogen) atoms. The van der Waals surface area contributed by atoms with Crippen molar-refractivity contribution >= 4 is 29.1 Å². The Hall–Kier alpha value is -1.39. The topological polar surface area (TPSA) is 29.5 Å². The third-order valence-electron chi connectivity index (χ3n) is 4.38. The van der Waals surface area contributed by atoms with E-state index < -0.39 is 0 Å². The summed E-state index contributed by atoms with van der Waals surface area (Å²) in [6.45, 7) is 3.17. The van der Waals surface area contributed by atoms with E-state index in [1.807, 2.05) is 0 Å². The van der Waals surface area contributed by atoms with Crippen molar-refractivity contribution in [1.29, 1.82) is 0 Å². The van der Waals surface area contributed by atoms with Crippen LogP contribution in [0.15, 0.2) is 39.9 Å². The average molecular weight is 364 g/mol. The van der Waals surface area contributed by atoms with Crippen molar-refractivity contribution in [2.45, 2.75) is 39.0 Å². The monoisotopic (exact) mass is 363 g/mol. The smallest absolute Gasteiger partial charge is 0.192 e. The van der Waals surface area contributed by atoms with Gasteiger partial charge in [-0.3, -0.25) is 4.79 Å².